The first-order chi connectivity index (χ1) is 9.34. The highest BCUT2D eigenvalue weighted by atomic mass is 16.5. The van der Waals surface area contributed by atoms with Crippen LogP contribution in [0, 0.1) is 19.3 Å². The average molecular weight is 279 g/mol. The monoisotopic (exact) mass is 279 g/mol. The summed E-state index contributed by atoms with van der Waals surface area (Å²) in [6.45, 7) is 7.44. The Morgan fingerprint density at radius 2 is 2.00 bits per heavy atom. The molecule has 5 nitrogen and oxygen atoms in total. The Balaban J connectivity index is 2.44. The number of aromatic carboxylic acids is 1. The standard InChI is InChI=1S/C15H21NO4/c1-10-8-12(17)16(11(2)13(10)14(18)19)9-15(3)4-6-20-7-5-15/h8H,4-7,9H2,1-3H3,(H,18,19). The van der Waals surface area contributed by atoms with E-state index in [4.69, 9.17) is 4.74 Å². The molecule has 2 rings (SSSR count). The average Bonchev–Trinajstić information content (AvgIpc) is 2.34. The van der Waals surface area contributed by atoms with Gasteiger partial charge in [0.15, 0.2) is 0 Å². The summed E-state index contributed by atoms with van der Waals surface area (Å²) in [7, 11) is 0. The van der Waals surface area contributed by atoms with E-state index < -0.39 is 5.97 Å². The first-order valence-electron chi connectivity index (χ1n) is 6.86. The second-order valence-corrected chi connectivity index (χ2v) is 5.94. The fraction of sp³-hybridized carbons (Fsp3) is 0.600. The number of carboxylic acid groups (broad SMARTS) is 1. The van der Waals surface area contributed by atoms with E-state index in [1.807, 2.05) is 0 Å². The number of pyridine rings is 1. The maximum absolute atomic E-state index is 12.2. The summed E-state index contributed by atoms with van der Waals surface area (Å²) in [5.41, 5.74) is 1.15. The molecule has 0 aromatic carbocycles. The summed E-state index contributed by atoms with van der Waals surface area (Å²) in [6.07, 6.45) is 1.77. The molecule has 20 heavy (non-hydrogen) atoms. The summed E-state index contributed by atoms with van der Waals surface area (Å²) >= 11 is 0. The molecule has 0 aliphatic carbocycles. The lowest BCUT2D eigenvalue weighted by Gasteiger charge is -2.34. The van der Waals surface area contributed by atoms with Crippen LogP contribution in [0.4, 0.5) is 0 Å². The maximum atomic E-state index is 12.2. The Morgan fingerprint density at radius 3 is 2.55 bits per heavy atom. The molecule has 1 aromatic rings. The quantitative estimate of drug-likeness (QED) is 0.918. The SMILES string of the molecule is Cc1cc(=O)n(CC2(C)CCOCC2)c(C)c1C(=O)O. The third-order valence-corrected chi connectivity index (χ3v) is 4.22. The number of aryl methyl sites for hydroxylation is 1. The fourth-order valence-electron chi connectivity index (χ4n) is 2.84. The number of hydrogen-bond acceptors (Lipinski definition) is 3. The summed E-state index contributed by atoms with van der Waals surface area (Å²) in [4.78, 5) is 23.5. The Labute approximate surface area is 118 Å². The minimum Gasteiger partial charge on any atom is -0.478 e. The van der Waals surface area contributed by atoms with Crippen molar-refractivity contribution in [2.24, 2.45) is 5.41 Å². The second kappa shape index (κ2) is 5.40. The molecular formula is C15H21NO4. The van der Waals surface area contributed by atoms with Gasteiger partial charge in [-0.25, -0.2) is 4.79 Å². The van der Waals surface area contributed by atoms with Gasteiger partial charge < -0.3 is 14.4 Å². The van der Waals surface area contributed by atoms with Crippen molar-refractivity contribution in [3.05, 3.63) is 33.2 Å². The van der Waals surface area contributed by atoms with Gasteiger partial charge in [0.25, 0.3) is 5.56 Å². The molecule has 0 atom stereocenters. The van der Waals surface area contributed by atoms with Crippen LogP contribution >= 0.6 is 0 Å². The van der Waals surface area contributed by atoms with Gasteiger partial charge in [0.2, 0.25) is 0 Å². The lowest BCUT2D eigenvalue weighted by molar-refractivity contribution is 0.0147. The number of carboxylic acids is 1. The molecule has 1 aliphatic heterocycles. The van der Waals surface area contributed by atoms with E-state index in [1.54, 1.807) is 18.4 Å². The Morgan fingerprint density at radius 1 is 1.40 bits per heavy atom. The van der Waals surface area contributed by atoms with Crippen LogP contribution in [0.2, 0.25) is 0 Å². The number of hydrogen-bond donors (Lipinski definition) is 1. The zero-order chi connectivity index (χ0) is 14.9. The predicted molar refractivity (Wildman–Crippen MR) is 75.3 cm³/mol. The molecule has 0 spiro atoms. The molecule has 0 bridgehead atoms. The van der Waals surface area contributed by atoms with Gasteiger partial charge in [-0.1, -0.05) is 6.92 Å². The second-order valence-electron chi connectivity index (χ2n) is 5.94. The van der Waals surface area contributed by atoms with Crippen molar-refractivity contribution in [2.45, 2.75) is 40.2 Å². The van der Waals surface area contributed by atoms with Crippen LogP contribution in [0.1, 0.15) is 41.4 Å². The van der Waals surface area contributed by atoms with E-state index >= 15 is 0 Å². The van der Waals surface area contributed by atoms with E-state index in [0.29, 0.717) is 31.0 Å². The number of aromatic nitrogens is 1. The van der Waals surface area contributed by atoms with E-state index in [9.17, 15) is 14.7 Å². The largest absolute Gasteiger partial charge is 0.478 e. The minimum absolute atomic E-state index is 0.0160. The van der Waals surface area contributed by atoms with Crippen LogP contribution in [0.3, 0.4) is 0 Å². The first-order valence-corrected chi connectivity index (χ1v) is 6.86. The lowest BCUT2D eigenvalue weighted by atomic mass is 9.82. The molecule has 0 amide bonds. The van der Waals surface area contributed by atoms with E-state index in [-0.39, 0.29) is 16.5 Å². The van der Waals surface area contributed by atoms with E-state index in [1.165, 1.54) is 6.07 Å². The topological polar surface area (TPSA) is 68.5 Å². The molecule has 1 aromatic heterocycles. The molecular weight excluding hydrogens is 258 g/mol. The van der Waals surface area contributed by atoms with Crippen molar-refractivity contribution < 1.29 is 14.6 Å². The van der Waals surface area contributed by atoms with Crippen LogP contribution in [0.15, 0.2) is 10.9 Å². The molecule has 2 heterocycles. The molecule has 0 radical (unpaired) electrons. The van der Waals surface area contributed by atoms with Gasteiger partial charge in [-0.05, 0) is 37.7 Å². The normalized spacial score (nSPS) is 17.9. The summed E-state index contributed by atoms with van der Waals surface area (Å²) in [5.74, 6) is -0.981. The third kappa shape index (κ3) is 2.77. The summed E-state index contributed by atoms with van der Waals surface area (Å²) in [6, 6.07) is 1.42. The number of carbonyl (C=O) groups is 1. The van der Waals surface area contributed by atoms with Gasteiger partial charge in [0.05, 0.1) is 5.56 Å². The third-order valence-electron chi connectivity index (χ3n) is 4.22. The molecule has 5 heteroatoms. The Hall–Kier alpha value is -1.62. The van der Waals surface area contributed by atoms with Crippen molar-refractivity contribution in [2.75, 3.05) is 13.2 Å². The van der Waals surface area contributed by atoms with E-state index in [2.05, 4.69) is 6.92 Å². The van der Waals surface area contributed by atoms with Crippen LogP contribution in [0.5, 0.6) is 0 Å². The van der Waals surface area contributed by atoms with Gasteiger partial charge in [-0.2, -0.15) is 0 Å². The highest BCUT2D eigenvalue weighted by Crippen LogP contribution is 2.31. The van der Waals surface area contributed by atoms with Gasteiger partial charge in [-0.15, -0.1) is 0 Å². The van der Waals surface area contributed by atoms with Crippen molar-refractivity contribution >= 4 is 5.97 Å². The first kappa shape index (κ1) is 14.8. The molecule has 1 N–H and O–H groups in total. The van der Waals surface area contributed by atoms with Gasteiger partial charge in [0.1, 0.15) is 0 Å². The summed E-state index contributed by atoms with van der Waals surface area (Å²) < 4.78 is 6.96. The van der Waals surface area contributed by atoms with Crippen LogP contribution in [-0.2, 0) is 11.3 Å². The molecule has 0 saturated carbocycles. The molecule has 1 saturated heterocycles. The van der Waals surface area contributed by atoms with Gasteiger partial charge >= 0.3 is 5.97 Å². The smallest absolute Gasteiger partial charge is 0.337 e. The van der Waals surface area contributed by atoms with Crippen molar-refractivity contribution in [3.8, 4) is 0 Å². The van der Waals surface area contributed by atoms with E-state index in [0.717, 1.165) is 12.8 Å². The summed E-state index contributed by atoms with van der Waals surface area (Å²) in [5, 5.41) is 9.30. The van der Waals surface area contributed by atoms with Gasteiger partial charge in [0, 0.05) is 31.5 Å². The number of rotatable bonds is 3. The van der Waals surface area contributed by atoms with Crippen molar-refractivity contribution in [1.82, 2.24) is 4.57 Å². The van der Waals surface area contributed by atoms with Crippen LogP contribution in [0.25, 0.3) is 0 Å². The van der Waals surface area contributed by atoms with Crippen molar-refractivity contribution in [3.63, 3.8) is 0 Å². The highest BCUT2D eigenvalue weighted by Gasteiger charge is 2.29. The number of ether oxygens (including phenoxy) is 1. The highest BCUT2D eigenvalue weighted by molar-refractivity contribution is 5.90. The fourth-order valence-corrected chi connectivity index (χ4v) is 2.84. The lowest BCUT2D eigenvalue weighted by Crippen LogP contribution is -2.36. The maximum Gasteiger partial charge on any atom is 0.337 e. The zero-order valence-electron chi connectivity index (χ0n) is 12.2. The number of nitrogens with zero attached hydrogens (tertiary/aromatic N) is 1. The van der Waals surface area contributed by atoms with Crippen LogP contribution < -0.4 is 5.56 Å². The zero-order valence-corrected chi connectivity index (χ0v) is 12.2. The van der Waals surface area contributed by atoms with Crippen molar-refractivity contribution in [1.29, 1.82) is 0 Å². The Bertz CT molecular complexity index is 582. The minimum atomic E-state index is -0.981. The molecule has 0 unspecified atom stereocenters. The van der Waals surface area contributed by atoms with Crippen LogP contribution in [-0.4, -0.2) is 28.9 Å². The molecule has 1 aliphatic rings. The van der Waals surface area contributed by atoms with Gasteiger partial charge in [-0.3, -0.25) is 4.79 Å². The predicted octanol–water partition coefficient (Wildman–Crippen LogP) is 1.98. The molecule has 1 fully saturated rings. The Kier molecular flexibility index (Phi) is 3.99. The molecule has 110 valence electrons.